The van der Waals surface area contributed by atoms with Crippen molar-refractivity contribution in [2.24, 2.45) is 5.41 Å². The first-order chi connectivity index (χ1) is 9.83. The Morgan fingerprint density at radius 3 is 2.57 bits per heavy atom. The molecule has 1 aliphatic heterocycles. The molecule has 1 aliphatic rings. The molecule has 0 bridgehead atoms. The van der Waals surface area contributed by atoms with Crippen LogP contribution in [0.15, 0.2) is 30.3 Å². The van der Waals surface area contributed by atoms with Crippen LogP contribution in [-0.2, 0) is 14.3 Å². The molecule has 1 heterocycles. The smallest absolute Gasteiger partial charge is 0.331 e. The summed E-state index contributed by atoms with van der Waals surface area (Å²) < 4.78 is 4.92. The number of hydrogen-bond acceptors (Lipinski definition) is 3. The molecule has 2 rings (SSSR count). The summed E-state index contributed by atoms with van der Waals surface area (Å²) in [4.78, 5) is 26.0. The Labute approximate surface area is 125 Å². The number of para-hydroxylation sites is 1. The monoisotopic (exact) mass is 287 g/mol. The van der Waals surface area contributed by atoms with Crippen molar-refractivity contribution in [3.8, 4) is 0 Å². The van der Waals surface area contributed by atoms with Crippen LogP contribution in [0.5, 0.6) is 0 Å². The van der Waals surface area contributed by atoms with E-state index in [0.29, 0.717) is 18.7 Å². The molecule has 0 N–H and O–H groups in total. The molecular weight excluding hydrogens is 266 g/mol. The number of nitrogens with zero attached hydrogens (tertiary/aromatic N) is 1. The van der Waals surface area contributed by atoms with Gasteiger partial charge in [0.2, 0.25) is 0 Å². The van der Waals surface area contributed by atoms with Crippen LogP contribution in [0.1, 0.15) is 33.3 Å². The average molecular weight is 287 g/mol. The van der Waals surface area contributed by atoms with E-state index in [4.69, 9.17) is 4.74 Å². The van der Waals surface area contributed by atoms with Crippen molar-refractivity contribution in [3.05, 3.63) is 35.9 Å². The van der Waals surface area contributed by atoms with Gasteiger partial charge in [-0.05, 0) is 18.4 Å². The lowest BCUT2D eigenvalue weighted by Gasteiger charge is -2.26. The third-order valence-corrected chi connectivity index (χ3v) is 3.14. The summed E-state index contributed by atoms with van der Waals surface area (Å²) in [5.74, 6) is -0.618. The number of anilines is 1. The lowest BCUT2D eigenvalue weighted by atomic mass is 9.96. The minimum Gasteiger partial charge on any atom is -0.463 e. The van der Waals surface area contributed by atoms with E-state index < -0.39 is 5.97 Å². The number of fused-ring (bicyclic) bond motifs is 1. The van der Waals surface area contributed by atoms with E-state index in [9.17, 15) is 9.59 Å². The number of carbonyl (C=O) groups is 2. The number of hydrogen-bond donors (Lipinski definition) is 0. The summed E-state index contributed by atoms with van der Waals surface area (Å²) >= 11 is 0. The molecule has 4 heteroatoms. The number of benzene rings is 1. The number of rotatable bonds is 3. The second kappa shape index (κ2) is 5.72. The second-order valence-corrected chi connectivity index (χ2v) is 6.28. The van der Waals surface area contributed by atoms with Crippen LogP contribution in [0.2, 0.25) is 0 Å². The van der Waals surface area contributed by atoms with Gasteiger partial charge in [0.15, 0.2) is 0 Å². The SMILES string of the molecule is CCOC(=O)C=C1C(=O)N(CC(C)(C)C)c2ccccc21. The van der Waals surface area contributed by atoms with Crippen LogP contribution in [0.25, 0.3) is 5.57 Å². The van der Waals surface area contributed by atoms with Gasteiger partial charge in [0.05, 0.1) is 17.9 Å². The molecule has 0 spiro atoms. The fourth-order valence-corrected chi connectivity index (χ4v) is 2.38. The highest BCUT2D eigenvalue weighted by Crippen LogP contribution is 2.38. The molecular formula is C17H21NO3. The maximum absolute atomic E-state index is 12.6. The van der Waals surface area contributed by atoms with Gasteiger partial charge < -0.3 is 9.64 Å². The molecule has 0 fully saturated rings. The normalized spacial score (nSPS) is 16.3. The molecule has 1 aromatic carbocycles. The number of ether oxygens (including phenoxy) is 1. The Bertz CT molecular complexity index is 596. The highest BCUT2D eigenvalue weighted by Gasteiger charge is 2.34. The fourth-order valence-electron chi connectivity index (χ4n) is 2.38. The minimum atomic E-state index is -0.478. The van der Waals surface area contributed by atoms with Crippen molar-refractivity contribution in [1.82, 2.24) is 0 Å². The van der Waals surface area contributed by atoms with Gasteiger partial charge in [0.25, 0.3) is 5.91 Å². The van der Waals surface area contributed by atoms with E-state index in [2.05, 4.69) is 20.8 Å². The van der Waals surface area contributed by atoms with Gasteiger partial charge >= 0.3 is 5.97 Å². The van der Waals surface area contributed by atoms with E-state index in [0.717, 1.165) is 11.3 Å². The fraction of sp³-hybridized carbons (Fsp3) is 0.412. The summed E-state index contributed by atoms with van der Waals surface area (Å²) in [6, 6.07) is 7.53. The van der Waals surface area contributed by atoms with Crippen LogP contribution in [0.4, 0.5) is 5.69 Å². The lowest BCUT2D eigenvalue weighted by Crippen LogP contribution is -2.34. The highest BCUT2D eigenvalue weighted by molar-refractivity contribution is 6.34. The second-order valence-electron chi connectivity index (χ2n) is 6.28. The van der Waals surface area contributed by atoms with Crippen molar-refractivity contribution in [2.45, 2.75) is 27.7 Å². The Morgan fingerprint density at radius 2 is 1.95 bits per heavy atom. The first-order valence-electron chi connectivity index (χ1n) is 7.13. The van der Waals surface area contributed by atoms with Gasteiger partial charge in [-0.3, -0.25) is 4.79 Å². The minimum absolute atomic E-state index is 0.0256. The summed E-state index contributed by atoms with van der Waals surface area (Å²) in [5, 5.41) is 0. The van der Waals surface area contributed by atoms with Gasteiger partial charge in [0.1, 0.15) is 0 Å². The van der Waals surface area contributed by atoms with Gasteiger partial charge in [-0.15, -0.1) is 0 Å². The van der Waals surface area contributed by atoms with Gasteiger partial charge in [-0.1, -0.05) is 39.0 Å². The molecule has 0 aliphatic carbocycles. The summed E-state index contributed by atoms with van der Waals surface area (Å²) in [5.41, 5.74) is 2.03. The quantitative estimate of drug-likeness (QED) is 0.634. The maximum atomic E-state index is 12.6. The molecule has 112 valence electrons. The van der Waals surface area contributed by atoms with E-state index in [1.807, 2.05) is 24.3 Å². The first kappa shape index (κ1) is 15.3. The summed E-state index contributed by atoms with van der Waals surface area (Å²) in [7, 11) is 0. The molecule has 4 nitrogen and oxygen atoms in total. The molecule has 1 aromatic rings. The third-order valence-electron chi connectivity index (χ3n) is 3.14. The third kappa shape index (κ3) is 3.32. The summed E-state index contributed by atoms with van der Waals surface area (Å²) in [6.07, 6.45) is 1.30. The van der Waals surface area contributed by atoms with Crippen LogP contribution < -0.4 is 4.90 Å². The first-order valence-corrected chi connectivity index (χ1v) is 7.13. The molecule has 0 radical (unpaired) electrons. The molecule has 0 atom stereocenters. The Kier molecular flexibility index (Phi) is 4.16. The predicted molar refractivity (Wildman–Crippen MR) is 82.9 cm³/mol. The van der Waals surface area contributed by atoms with E-state index in [1.54, 1.807) is 11.8 Å². The van der Waals surface area contributed by atoms with Crippen molar-refractivity contribution in [3.63, 3.8) is 0 Å². The van der Waals surface area contributed by atoms with Crippen LogP contribution in [-0.4, -0.2) is 25.0 Å². The maximum Gasteiger partial charge on any atom is 0.331 e. The van der Waals surface area contributed by atoms with Crippen molar-refractivity contribution >= 4 is 23.1 Å². The predicted octanol–water partition coefficient (Wildman–Crippen LogP) is 3.03. The molecule has 0 saturated heterocycles. The standard InChI is InChI=1S/C17H21NO3/c1-5-21-15(19)10-13-12-8-6-7-9-14(12)18(16(13)20)11-17(2,3)4/h6-10H,5,11H2,1-4H3. The average Bonchev–Trinajstić information content (AvgIpc) is 2.64. The Morgan fingerprint density at radius 1 is 1.29 bits per heavy atom. The molecule has 21 heavy (non-hydrogen) atoms. The Hall–Kier alpha value is -2.10. The van der Waals surface area contributed by atoms with Crippen molar-refractivity contribution in [1.29, 1.82) is 0 Å². The summed E-state index contributed by atoms with van der Waals surface area (Å²) in [6.45, 7) is 8.88. The van der Waals surface area contributed by atoms with Crippen molar-refractivity contribution in [2.75, 3.05) is 18.1 Å². The molecule has 0 saturated carbocycles. The Balaban J connectivity index is 2.42. The molecule has 0 unspecified atom stereocenters. The van der Waals surface area contributed by atoms with Crippen LogP contribution >= 0.6 is 0 Å². The largest absolute Gasteiger partial charge is 0.463 e. The zero-order chi connectivity index (χ0) is 15.6. The van der Waals surface area contributed by atoms with Crippen molar-refractivity contribution < 1.29 is 14.3 Å². The number of esters is 1. The van der Waals surface area contributed by atoms with Gasteiger partial charge in [0, 0.05) is 18.2 Å². The molecule has 0 aromatic heterocycles. The zero-order valence-corrected chi connectivity index (χ0v) is 13.0. The zero-order valence-electron chi connectivity index (χ0n) is 13.0. The van der Waals surface area contributed by atoms with E-state index in [-0.39, 0.29) is 11.3 Å². The number of amides is 1. The van der Waals surface area contributed by atoms with Crippen LogP contribution in [0, 0.1) is 5.41 Å². The van der Waals surface area contributed by atoms with E-state index >= 15 is 0 Å². The van der Waals surface area contributed by atoms with Gasteiger partial charge in [-0.25, -0.2) is 4.79 Å². The van der Waals surface area contributed by atoms with Crippen LogP contribution in [0.3, 0.4) is 0 Å². The van der Waals surface area contributed by atoms with Gasteiger partial charge in [-0.2, -0.15) is 0 Å². The topological polar surface area (TPSA) is 46.6 Å². The van der Waals surface area contributed by atoms with E-state index in [1.165, 1.54) is 6.08 Å². The molecule has 1 amide bonds. The lowest BCUT2D eigenvalue weighted by molar-refractivity contribution is -0.137. The highest BCUT2D eigenvalue weighted by atomic mass is 16.5. The number of carbonyl (C=O) groups excluding carboxylic acids is 2.